The number of hydrogen-bond acceptors (Lipinski definition) is 5. The number of nitrogens with one attached hydrogen (secondary N) is 1. The fourth-order valence-corrected chi connectivity index (χ4v) is 5.49. The van der Waals surface area contributed by atoms with Crippen molar-refractivity contribution in [3.63, 3.8) is 0 Å². The van der Waals surface area contributed by atoms with Crippen LogP contribution in [0.25, 0.3) is 15.3 Å². The van der Waals surface area contributed by atoms with Crippen molar-refractivity contribution in [2.45, 2.75) is 25.7 Å². The lowest BCUT2D eigenvalue weighted by Crippen LogP contribution is -2.28. The number of thiazole rings is 1. The lowest BCUT2D eigenvalue weighted by Gasteiger charge is -2.17. The molecule has 0 radical (unpaired) electrons. The van der Waals surface area contributed by atoms with Crippen LogP contribution in [0.2, 0.25) is 0 Å². The van der Waals surface area contributed by atoms with E-state index >= 15 is 0 Å². The van der Waals surface area contributed by atoms with E-state index in [2.05, 4.69) is 5.32 Å². The predicted molar refractivity (Wildman–Crippen MR) is 124 cm³/mol. The van der Waals surface area contributed by atoms with Crippen molar-refractivity contribution in [2.75, 3.05) is 16.8 Å². The molecular formula is C24H21N5O2S. The number of fused-ring (bicyclic) bond motifs is 2. The topological polar surface area (TPSA) is 80.1 Å². The summed E-state index contributed by atoms with van der Waals surface area (Å²) in [5.74, 6) is 0.126. The summed E-state index contributed by atoms with van der Waals surface area (Å²) < 4.78 is 2.85. The molecule has 1 atom stereocenters. The third kappa shape index (κ3) is 3.18. The maximum absolute atomic E-state index is 13.2. The maximum Gasteiger partial charge on any atom is 0.230 e. The molecule has 2 aromatic carbocycles. The number of aryl methyl sites for hydroxylation is 1. The van der Waals surface area contributed by atoms with Gasteiger partial charge in [-0.25, -0.2) is 4.98 Å². The van der Waals surface area contributed by atoms with Crippen LogP contribution in [0, 0.1) is 5.92 Å². The zero-order valence-electron chi connectivity index (χ0n) is 17.3. The average Bonchev–Trinajstić information content (AvgIpc) is 3.57. The molecular weight excluding hydrogens is 422 g/mol. The second-order valence-electron chi connectivity index (χ2n) is 8.23. The fourth-order valence-electron chi connectivity index (χ4n) is 4.57. The molecule has 1 unspecified atom stereocenters. The van der Waals surface area contributed by atoms with E-state index < -0.39 is 5.92 Å². The maximum atomic E-state index is 13.2. The van der Waals surface area contributed by atoms with Gasteiger partial charge in [0.1, 0.15) is 5.82 Å². The molecule has 2 aromatic heterocycles. The minimum Gasteiger partial charge on any atom is -0.312 e. The number of para-hydroxylation sites is 2. The molecule has 4 aromatic rings. The molecule has 1 N–H and O–H groups in total. The number of nitrogens with zero attached hydrogens (tertiary/aromatic N) is 4. The van der Waals surface area contributed by atoms with Crippen LogP contribution in [0.5, 0.6) is 0 Å². The number of anilines is 2. The van der Waals surface area contributed by atoms with E-state index in [1.54, 1.807) is 20.9 Å². The lowest BCUT2D eigenvalue weighted by atomic mass is 10.1. The Kier molecular flexibility index (Phi) is 4.53. The molecule has 1 saturated heterocycles. The van der Waals surface area contributed by atoms with Crippen molar-refractivity contribution in [3.8, 4) is 5.13 Å². The summed E-state index contributed by atoms with van der Waals surface area (Å²) in [6.07, 6.45) is 3.03. The van der Waals surface area contributed by atoms with E-state index in [1.807, 2.05) is 54.6 Å². The van der Waals surface area contributed by atoms with Gasteiger partial charge < -0.3 is 10.2 Å². The first kappa shape index (κ1) is 19.2. The summed E-state index contributed by atoms with van der Waals surface area (Å²) in [5, 5.41) is 8.64. The van der Waals surface area contributed by atoms with Gasteiger partial charge in [-0.2, -0.15) is 9.78 Å². The summed E-state index contributed by atoms with van der Waals surface area (Å²) in [6.45, 7) is 0.381. The Labute approximate surface area is 188 Å². The fraction of sp³-hybridized carbons (Fsp3) is 0.250. The smallest absolute Gasteiger partial charge is 0.230 e. The Bertz CT molecular complexity index is 1310. The Morgan fingerprint density at radius 2 is 1.88 bits per heavy atom. The van der Waals surface area contributed by atoms with Crippen LogP contribution in [0.4, 0.5) is 11.5 Å². The van der Waals surface area contributed by atoms with Gasteiger partial charge in [-0.1, -0.05) is 41.7 Å². The average molecular weight is 444 g/mol. The van der Waals surface area contributed by atoms with E-state index in [-0.39, 0.29) is 18.2 Å². The van der Waals surface area contributed by atoms with Gasteiger partial charge >= 0.3 is 0 Å². The van der Waals surface area contributed by atoms with Crippen molar-refractivity contribution in [1.82, 2.24) is 14.8 Å². The minimum atomic E-state index is -0.404. The SMILES string of the molecule is O=C(Nc1c2c(nn1-c1nc3ccccc3s1)CCC2)C1CC(=O)N(c2ccccc2)C1. The standard InChI is InChI=1S/C24H21N5O2S/c30-21-13-15(14-28(21)16-7-2-1-3-8-16)23(31)26-22-17-9-6-11-18(17)27-29(22)24-25-19-10-4-5-12-20(19)32-24/h1-5,7-8,10,12,15H,6,9,11,13-14H2,(H,26,31). The normalized spacial score (nSPS) is 17.8. The Morgan fingerprint density at radius 3 is 2.72 bits per heavy atom. The molecule has 0 spiro atoms. The molecule has 1 fully saturated rings. The van der Waals surface area contributed by atoms with Crippen LogP contribution in [0.3, 0.4) is 0 Å². The van der Waals surface area contributed by atoms with Gasteiger partial charge in [-0.3, -0.25) is 9.59 Å². The van der Waals surface area contributed by atoms with E-state index in [1.165, 1.54) is 0 Å². The second-order valence-corrected chi connectivity index (χ2v) is 9.24. The molecule has 2 aliphatic rings. The van der Waals surface area contributed by atoms with Gasteiger partial charge in [0, 0.05) is 24.2 Å². The quantitative estimate of drug-likeness (QED) is 0.518. The van der Waals surface area contributed by atoms with Crippen molar-refractivity contribution >= 4 is 44.9 Å². The molecule has 1 aliphatic heterocycles. The number of amides is 2. The largest absolute Gasteiger partial charge is 0.312 e. The zero-order valence-corrected chi connectivity index (χ0v) is 18.1. The number of hydrogen-bond donors (Lipinski definition) is 1. The van der Waals surface area contributed by atoms with Gasteiger partial charge in [0.05, 0.1) is 21.8 Å². The van der Waals surface area contributed by atoms with E-state index in [9.17, 15) is 9.59 Å². The monoisotopic (exact) mass is 443 g/mol. The van der Waals surface area contributed by atoms with Gasteiger partial charge in [0.15, 0.2) is 0 Å². The summed E-state index contributed by atoms with van der Waals surface area (Å²) in [5.41, 5.74) is 3.85. The van der Waals surface area contributed by atoms with E-state index in [0.29, 0.717) is 12.4 Å². The summed E-state index contributed by atoms with van der Waals surface area (Å²) in [7, 11) is 0. The van der Waals surface area contributed by atoms with E-state index in [0.717, 1.165) is 51.6 Å². The number of rotatable bonds is 4. The summed E-state index contributed by atoms with van der Waals surface area (Å²) >= 11 is 1.55. The van der Waals surface area contributed by atoms with Crippen LogP contribution in [-0.4, -0.2) is 33.1 Å². The zero-order chi connectivity index (χ0) is 21.7. The molecule has 32 heavy (non-hydrogen) atoms. The van der Waals surface area contributed by atoms with Crippen LogP contribution in [-0.2, 0) is 22.4 Å². The van der Waals surface area contributed by atoms with Crippen molar-refractivity contribution in [3.05, 3.63) is 65.9 Å². The molecule has 0 bridgehead atoms. The van der Waals surface area contributed by atoms with Gasteiger partial charge in [0.2, 0.25) is 16.9 Å². The summed E-state index contributed by atoms with van der Waals surface area (Å²) in [6, 6.07) is 17.5. The molecule has 1 aliphatic carbocycles. The highest BCUT2D eigenvalue weighted by atomic mass is 32.1. The number of aromatic nitrogens is 3. The van der Waals surface area contributed by atoms with E-state index in [4.69, 9.17) is 10.1 Å². The Hall–Kier alpha value is -3.52. The highest BCUT2D eigenvalue weighted by Crippen LogP contribution is 2.34. The van der Waals surface area contributed by atoms with Gasteiger partial charge in [-0.15, -0.1) is 0 Å². The molecule has 2 amide bonds. The highest BCUT2D eigenvalue weighted by Gasteiger charge is 2.36. The predicted octanol–water partition coefficient (Wildman–Crippen LogP) is 3.96. The Balaban J connectivity index is 1.30. The third-order valence-corrected chi connectivity index (χ3v) is 7.19. The molecule has 8 heteroatoms. The van der Waals surface area contributed by atoms with Crippen molar-refractivity contribution < 1.29 is 9.59 Å². The molecule has 160 valence electrons. The van der Waals surface area contributed by atoms with Crippen molar-refractivity contribution in [2.24, 2.45) is 5.92 Å². The Morgan fingerprint density at radius 1 is 1.06 bits per heavy atom. The number of carbonyl (C=O) groups is 2. The first-order chi connectivity index (χ1) is 15.7. The lowest BCUT2D eigenvalue weighted by molar-refractivity contribution is -0.122. The molecule has 3 heterocycles. The van der Waals surface area contributed by atoms with Crippen LogP contribution < -0.4 is 10.2 Å². The van der Waals surface area contributed by atoms with Crippen LogP contribution in [0.15, 0.2) is 54.6 Å². The molecule has 6 rings (SSSR count). The first-order valence-corrected chi connectivity index (χ1v) is 11.6. The third-order valence-electron chi connectivity index (χ3n) is 6.18. The first-order valence-electron chi connectivity index (χ1n) is 10.8. The van der Waals surface area contributed by atoms with Crippen LogP contribution >= 0.6 is 11.3 Å². The second kappa shape index (κ2) is 7.56. The van der Waals surface area contributed by atoms with Crippen LogP contribution in [0.1, 0.15) is 24.1 Å². The van der Waals surface area contributed by atoms with Gasteiger partial charge in [0.25, 0.3) is 0 Å². The number of benzene rings is 2. The molecule has 7 nitrogen and oxygen atoms in total. The van der Waals surface area contributed by atoms with Crippen molar-refractivity contribution in [1.29, 1.82) is 0 Å². The van der Waals surface area contributed by atoms with Gasteiger partial charge in [-0.05, 0) is 43.5 Å². The summed E-state index contributed by atoms with van der Waals surface area (Å²) in [4.78, 5) is 32.3. The molecule has 0 saturated carbocycles. The highest BCUT2D eigenvalue weighted by molar-refractivity contribution is 7.20. The minimum absolute atomic E-state index is 0.0266. The number of carbonyl (C=O) groups excluding carboxylic acids is 2.